The van der Waals surface area contributed by atoms with Crippen LogP contribution in [0.3, 0.4) is 0 Å². The van der Waals surface area contributed by atoms with Crippen molar-refractivity contribution in [1.29, 1.82) is 5.41 Å². The monoisotopic (exact) mass is 345 g/mol. The van der Waals surface area contributed by atoms with Crippen LogP contribution in [0.15, 0.2) is 22.7 Å². The van der Waals surface area contributed by atoms with Gasteiger partial charge in [-0.15, -0.1) is 0 Å². The maximum atomic E-state index is 11.8. The molecule has 0 saturated carbocycles. The first-order chi connectivity index (χ1) is 9.04. The fraction of sp³-hybridized carbons (Fsp3) is 0.333. The molecule has 1 aromatic rings. The van der Waals surface area contributed by atoms with E-state index in [2.05, 4.69) is 21.2 Å². The van der Waals surface area contributed by atoms with Crippen LogP contribution in [0.5, 0.6) is 0 Å². The van der Waals surface area contributed by atoms with Gasteiger partial charge >= 0.3 is 6.03 Å². The normalized spacial score (nSPS) is 18.9. The Kier molecular flexibility index (Phi) is 4.44. The van der Waals surface area contributed by atoms with Gasteiger partial charge in [0.25, 0.3) is 0 Å². The molecule has 2 amide bonds. The summed E-state index contributed by atoms with van der Waals surface area (Å²) in [6.07, 6.45) is 0. The maximum absolute atomic E-state index is 11.8. The van der Waals surface area contributed by atoms with E-state index in [1.54, 1.807) is 18.1 Å². The largest absolute Gasteiger partial charge is 0.383 e. The van der Waals surface area contributed by atoms with Crippen LogP contribution in [0.1, 0.15) is 11.6 Å². The second kappa shape index (κ2) is 5.90. The summed E-state index contributed by atoms with van der Waals surface area (Å²) in [6.45, 7) is 0.849. The summed E-state index contributed by atoms with van der Waals surface area (Å²) in [5.41, 5.74) is 0.829. The number of hydrogen-bond acceptors (Lipinski definition) is 3. The lowest BCUT2D eigenvalue weighted by atomic mass is 10.1. The van der Waals surface area contributed by atoms with Crippen molar-refractivity contribution in [3.63, 3.8) is 0 Å². The number of nitrogens with zero attached hydrogens (tertiary/aromatic N) is 1. The van der Waals surface area contributed by atoms with Crippen LogP contribution in [-0.2, 0) is 4.74 Å². The molecule has 0 spiro atoms. The molecule has 1 saturated heterocycles. The van der Waals surface area contributed by atoms with Crippen molar-refractivity contribution >= 4 is 39.4 Å². The van der Waals surface area contributed by atoms with Gasteiger partial charge in [0.15, 0.2) is 0 Å². The van der Waals surface area contributed by atoms with Crippen molar-refractivity contribution in [3.05, 3.63) is 33.3 Å². The predicted octanol–water partition coefficient (Wildman–Crippen LogP) is 2.79. The second-order valence-corrected chi connectivity index (χ2v) is 5.37. The van der Waals surface area contributed by atoms with Crippen molar-refractivity contribution in [1.82, 2.24) is 10.2 Å². The van der Waals surface area contributed by atoms with Gasteiger partial charge in [0, 0.05) is 18.1 Å². The van der Waals surface area contributed by atoms with Crippen molar-refractivity contribution in [2.24, 2.45) is 0 Å². The van der Waals surface area contributed by atoms with Gasteiger partial charge < -0.3 is 9.64 Å². The number of nitrogens with one attached hydrogen (secondary N) is 2. The third-order valence-electron chi connectivity index (χ3n) is 2.88. The molecule has 5 nitrogen and oxygen atoms in total. The van der Waals surface area contributed by atoms with Gasteiger partial charge in [-0.1, -0.05) is 17.7 Å². The molecule has 7 heteroatoms. The lowest BCUT2D eigenvalue weighted by Gasteiger charge is -2.22. The Hall–Kier alpha value is -1.11. The molecule has 0 aromatic heterocycles. The highest BCUT2D eigenvalue weighted by atomic mass is 79.9. The van der Waals surface area contributed by atoms with Crippen molar-refractivity contribution in [2.75, 3.05) is 20.3 Å². The van der Waals surface area contributed by atoms with Crippen molar-refractivity contribution in [3.8, 4) is 0 Å². The molecule has 19 heavy (non-hydrogen) atoms. The Labute approximate surface area is 124 Å². The topological polar surface area (TPSA) is 65.4 Å². The van der Waals surface area contributed by atoms with Gasteiger partial charge in [-0.25, -0.2) is 4.79 Å². The molecule has 1 aromatic carbocycles. The molecule has 102 valence electrons. The first-order valence-corrected chi connectivity index (χ1v) is 6.81. The highest BCUT2D eigenvalue weighted by Crippen LogP contribution is 2.31. The zero-order valence-corrected chi connectivity index (χ0v) is 12.6. The SMILES string of the molecule is COCCN1C(=O)NC(=N)C1c1ccc(Cl)c(Br)c1. The minimum Gasteiger partial charge on any atom is -0.383 e. The Morgan fingerprint density at radius 2 is 2.32 bits per heavy atom. The van der Waals surface area contributed by atoms with E-state index in [1.807, 2.05) is 12.1 Å². The first kappa shape index (κ1) is 14.3. The first-order valence-electron chi connectivity index (χ1n) is 5.64. The minimum atomic E-state index is -0.420. The number of carbonyl (C=O) groups excluding carboxylic acids is 1. The summed E-state index contributed by atoms with van der Waals surface area (Å²) in [6, 6.07) is 4.67. The quantitative estimate of drug-likeness (QED) is 0.880. The third kappa shape index (κ3) is 2.91. The molecule has 1 atom stereocenters. The zero-order chi connectivity index (χ0) is 14.0. The van der Waals surface area contributed by atoms with Crippen LogP contribution < -0.4 is 5.32 Å². The lowest BCUT2D eigenvalue weighted by molar-refractivity contribution is 0.151. The Bertz CT molecular complexity index is 524. The number of benzene rings is 1. The number of amides is 2. The fourth-order valence-corrected chi connectivity index (χ4v) is 2.49. The minimum absolute atomic E-state index is 0.162. The van der Waals surface area contributed by atoms with Gasteiger partial charge in [0.1, 0.15) is 11.9 Å². The highest BCUT2D eigenvalue weighted by Gasteiger charge is 2.36. The van der Waals surface area contributed by atoms with E-state index in [9.17, 15) is 4.79 Å². The van der Waals surface area contributed by atoms with Gasteiger partial charge in [-0.3, -0.25) is 10.7 Å². The highest BCUT2D eigenvalue weighted by molar-refractivity contribution is 9.10. The van der Waals surface area contributed by atoms with Crippen LogP contribution in [-0.4, -0.2) is 37.0 Å². The molecule has 1 unspecified atom stereocenters. The summed E-state index contributed by atoms with van der Waals surface area (Å²) in [7, 11) is 1.58. The summed E-state index contributed by atoms with van der Waals surface area (Å²) >= 11 is 9.31. The van der Waals surface area contributed by atoms with Crippen LogP contribution in [0.4, 0.5) is 4.79 Å². The number of halogens is 2. The summed E-state index contributed by atoms with van der Waals surface area (Å²) in [4.78, 5) is 13.4. The standard InChI is InChI=1S/C12H13BrClN3O2/c1-19-5-4-17-10(11(15)16-12(17)18)7-2-3-9(14)8(13)6-7/h2-3,6,10H,4-5H2,1H3,(H2,15,16,18). The smallest absolute Gasteiger partial charge is 0.323 e. The van der Waals surface area contributed by atoms with Crippen LogP contribution in [0.25, 0.3) is 0 Å². The number of urea groups is 1. The average Bonchev–Trinajstić information content (AvgIpc) is 2.65. The summed E-state index contributed by atoms with van der Waals surface area (Å²) < 4.78 is 5.73. The number of amidine groups is 1. The van der Waals surface area contributed by atoms with Crippen molar-refractivity contribution in [2.45, 2.75) is 6.04 Å². The third-order valence-corrected chi connectivity index (χ3v) is 4.10. The second-order valence-electron chi connectivity index (χ2n) is 4.11. The number of methoxy groups -OCH3 is 1. The van der Waals surface area contributed by atoms with E-state index in [1.165, 1.54) is 0 Å². The molecule has 1 aliphatic heterocycles. The molecular weight excluding hydrogens is 334 g/mol. The Morgan fingerprint density at radius 3 is 2.95 bits per heavy atom. The van der Waals surface area contributed by atoms with Crippen LogP contribution in [0.2, 0.25) is 5.02 Å². The molecule has 1 aliphatic rings. The van der Waals surface area contributed by atoms with E-state index in [0.29, 0.717) is 18.2 Å². The molecule has 1 heterocycles. The van der Waals surface area contributed by atoms with E-state index in [0.717, 1.165) is 10.0 Å². The molecular formula is C12H13BrClN3O2. The van der Waals surface area contributed by atoms with Gasteiger partial charge in [0.2, 0.25) is 0 Å². The molecule has 2 rings (SSSR count). The summed E-state index contributed by atoms with van der Waals surface area (Å²) in [5, 5.41) is 11.0. The van der Waals surface area contributed by atoms with E-state index >= 15 is 0 Å². The fourth-order valence-electron chi connectivity index (χ4n) is 1.98. The van der Waals surface area contributed by atoms with Gasteiger partial charge in [0.05, 0.1) is 11.6 Å². The number of carbonyl (C=O) groups is 1. The van der Waals surface area contributed by atoms with Crippen LogP contribution in [0, 0.1) is 5.41 Å². The van der Waals surface area contributed by atoms with E-state index in [-0.39, 0.29) is 11.9 Å². The van der Waals surface area contributed by atoms with E-state index in [4.69, 9.17) is 21.7 Å². The molecule has 1 fully saturated rings. The molecule has 0 radical (unpaired) electrons. The van der Waals surface area contributed by atoms with Gasteiger partial charge in [-0.2, -0.15) is 0 Å². The molecule has 0 bridgehead atoms. The zero-order valence-electron chi connectivity index (χ0n) is 10.2. The van der Waals surface area contributed by atoms with Crippen LogP contribution >= 0.6 is 27.5 Å². The maximum Gasteiger partial charge on any atom is 0.323 e. The lowest BCUT2D eigenvalue weighted by Crippen LogP contribution is -2.32. The molecule has 0 aliphatic carbocycles. The molecule has 2 N–H and O–H groups in total. The number of hydrogen-bond donors (Lipinski definition) is 2. The van der Waals surface area contributed by atoms with Gasteiger partial charge in [-0.05, 0) is 33.6 Å². The number of rotatable bonds is 4. The number of ether oxygens (including phenoxy) is 1. The predicted molar refractivity (Wildman–Crippen MR) is 76.7 cm³/mol. The average molecular weight is 347 g/mol. The Balaban J connectivity index is 2.30. The summed E-state index contributed by atoms with van der Waals surface area (Å²) in [5.74, 6) is 0.162. The van der Waals surface area contributed by atoms with Crippen molar-refractivity contribution < 1.29 is 9.53 Å². The Morgan fingerprint density at radius 1 is 1.58 bits per heavy atom. The van der Waals surface area contributed by atoms with E-state index < -0.39 is 6.04 Å².